The van der Waals surface area contributed by atoms with Crippen LogP contribution in [0.1, 0.15) is 5.56 Å². The molecule has 4 rings (SSSR count). The lowest BCUT2D eigenvalue weighted by molar-refractivity contribution is -0.133. The highest BCUT2D eigenvalue weighted by molar-refractivity contribution is 5.78. The molecular formula is C24H26N4O3. The van der Waals surface area contributed by atoms with Gasteiger partial charge in [0.25, 0.3) is 5.91 Å². The van der Waals surface area contributed by atoms with E-state index in [0.717, 1.165) is 34.1 Å². The molecule has 2 heterocycles. The fourth-order valence-electron chi connectivity index (χ4n) is 3.63. The predicted molar refractivity (Wildman–Crippen MR) is 119 cm³/mol. The minimum Gasteiger partial charge on any atom is -0.496 e. The number of amides is 1. The number of carbonyl (C=O) groups excluding carboxylic acids is 1. The van der Waals surface area contributed by atoms with Gasteiger partial charge in [0, 0.05) is 31.7 Å². The van der Waals surface area contributed by atoms with Gasteiger partial charge < -0.3 is 19.3 Å². The maximum atomic E-state index is 12.5. The molecule has 0 atom stereocenters. The fourth-order valence-corrected chi connectivity index (χ4v) is 3.63. The SMILES string of the molecule is COc1ccccc1-c1ccc(N2CCN(C(=O)COc3ccccc3C)CC2)nn1. The number of anilines is 1. The van der Waals surface area contributed by atoms with Crippen LogP contribution in [0.2, 0.25) is 0 Å². The predicted octanol–water partition coefficient (Wildman–Crippen LogP) is 3.19. The number of carbonyl (C=O) groups is 1. The summed E-state index contributed by atoms with van der Waals surface area (Å²) in [4.78, 5) is 16.5. The molecule has 1 aliphatic rings. The van der Waals surface area contributed by atoms with E-state index in [1.807, 2.05) is 72.5 Å². The number of ether oxygens (including phenoxy) is 2. The lowest BCUT2D eigenvalue weighted by Gasteiger charge is -2.35. The number of rotatable bonds is 6. The van der Waals surface area contributed by atoms with Gasteiger partial charge in [-0.05, 0) is 42.8 Å². The molecule has 0 spiro atoms. The molecule has 1 aromatic heterocycles. The van der Waals surface area contributed by atoms with Crippen LogP contribution in [0.4, 0.5) is 5.82 Å². The smallest absolute Gasteiger partial charge is 0.260 e. The molecule has 31 heavy (non-hydrogen) atoms. The minimum absolute atomic E-state index is 0.000470. The van der Waals surface area contributed by atoms with Crippen LogP contribution in [-0.4, -0.2) is 60.9 Å². The number of hydrogen-bond acceptors (Lipinski definition) is 6. The fraction of sp³-hybridized carbons (Fsp3) is 0.292. The lowest BCUT2D eigenvalue weighted by atomic mass is 10.1. The third-order valence-electron chi connectivity index (χ3n) is 5.43. The van der Waals surface area contributed by atoms with Crippen LogP contribution in [0.3, 0.4) is 0 Å². The summed E-state index contributed by atoms with van der Waals surface area (Å²) in [5.41, 5.74) is 2.70. The maximum absolute atomic E-state index is 12.5. The summed E-state index contributed by atoms with van der Waals surface area (Å²) in [6.45, 7) is 4.70. The summed E-state index contributed by atoms with van der Waals surface area (Å²) in [7, 11) is 1.65. The van der Waals surface area contributed by atoms with Gasteiger partial charge in [0.2, 0.25) is 0 Å². The second-order valence-electron chi connectivity index (χ2n) is 7.40. The molecule has 0 N–H and O–H groups in total. The first kappa shape index (κ1) is 20.7. The molecule has 3 aromatic rings. The van der Waals surface area contributed by atoms with Crippen LogP contribution in [0.25, 0.3) is 11.3 Å². The molecule has 2 aromatic carbocycles. The second-order valence-corrected chi connectivity index (χ2v) is 7.40. The Bertz CT molecular complexity index is 1030. The molecule has 7 nitrogen and oxygen atoms in total. The zero-order valence-corrected chi connectivity index (χ0v) is 17.8. The average Bonchev–Trinajstić information content (AvgIpc) is 2.83. The normalized spacial score (nSPS) is 13.7. The van der Waals surface area contributed by atoms with Crippen LogP contribution < -0.4 is 14.4 Å². The number of methoxy groups -OCH3 is 1. The van der Waals surface area contributed by atoms with Gasteiger partial charge in [-0.2, -0.15) is 0 Å². The van der Waals surface area contributed by atoms with E-state index in [1.54, 1.807) is 7.11 Å². The zero-order valence-electron chi connectivity index (χ0n) is 17.8. The Morgan fingerprint density at radius 2 is 1.61 bits per heavy atom. The van der Waals surface area contributed by atoms with Crippen LogP contribution >= 0.6 is 0 Å². The van der Waals surface area contributed by atoms with Crippen molar-refractivity contribution in [1.29, 1.82) is 0 Å². The van der Waals surface area contributed by atoms with E-state index in [2.05, 4.69) is 15.1 Å². The summed E-state index contributed by atoms with van der Waals surface area (Å²) < 4.78 is 11.1. The summed E-state index contributed by atoms with van der Waals surface area (Å²) in [5, 5.41) is 8.79. The van der Waals surface area contributed by atoms with Crippen molar-refractivity contribution in [1.82, 2.24) is 15.1 Å². The van der Waals surface area contributed by atoms with Crippen molar-refractivity contribution in [3.8, 4) is 22.8 Å². The standard InChI is InChI=1S/C24H26N4O3/c1-18-7-3-5-9-21(18)31-17-24(29)28-15-13-27(14-16-28)23-12-11-20(25-26-23)19-8-4-6-10-22(19)30-2/h3-12H,13-17H2,1-2H3. The van der Waals surface area contributed by atoms with Gasteiger partial charge in [-0.3, -0.25) is 4.79 Å². The number of nitrogens with zero attached hydrogens (tertiary/aromatic N) is 4. The first-order chi connectivity index (χ1) is 15.2. The van der Waals surface area contributed by atoms with Gasteiger partial charge in [0.15, 0.2) is 12.4 Å². The molecule has 0 aliphatic carbocycles. The van der Waals surface area contributed by atoms with Crippen LogP contribution in [0.15, 0.2) is 60.7 Å². The van der Waals surface area contributed by atoms with Crippen molar-refractivity contribution in [3.63, 3.8) is 0 Å². The Labute approximate surface area is 182 Å². The van der Waals surface area contributed by atoms with Crippen molar-refractivity contribution in [2.75, 3.05) is 44.8 Å². The molecule has 0 bridgehead atoms. The molecule has 0 saturated carbocycles. The number of aryl methyl sites for hydroxylation is 1. The summed E-state index contributed by atoms with van der Waals surface area (Å²) in [5.74, 6) is 2.33. The molecule has 7 heteroatoms. The van der Waals surface area contributed by atoms with Crippen molar-refractivity contribution in [2.45, 2.75) is 6.92 Å². The van der Waals surface area contributed by atoms with Crippen LogP contribution in [0, 0.1) is 6.92 Å². The van der Waals surface area contributed by atoms with E-state index in [0.29, 0.717) is 26.2 Å². The quantitative estimate of drug-likeness (QED) is 0.613. The van der Waals surface area contributed by atoms with Gasteiger partial charge in [0.1, 0.15) is 11.5 Å². The van der Waals surface area contributed by atoms with Gasteiger partial charge >= 0.3 is 0 Å². The summed E-state index contributed by atoms with van der Waals surface area (Å²) in [6, 6.07) is 19.4. The third kappa shape index (κ3) is 4.77. The number of benzene rings is 2. The zero-order chi connectivity index (χ0) is 21.6. The first-order valence-corrected chi connectivity index (χ1v) is 10.3. The largest absolute Gasteiger partial charge is 0.496 e. The molecule has 0 unspecified atom stereocenters. The molecular weight excluding hydrogens is 392 g/mol. The molecule has 1 amide bonds. The highest BCUT2D eigenvalue weighted by Gasteiger charge is 2.22. The Hall–Kier alpha value is -3.61. The van der Waals surface area contributed by atoms with Crippen molar-refractivity contribution >= 4 is 11.7 Å². The average molecular weight is 418 g/mol. The van der Waals surface area contributed by atoms with Crippen molar-refractivity contribution < 1.29 is 14.3 Å². The van der Waals surface area contributed by atoms with E-state index in [9.17, 15) is 4.79 Å². The summed E-state index contributed by atoms with van der Waals surface area (Å²) >= 11 is 0. The summed E-state index contributed by atoms with van der Waals surface area (Å²) in [6.07, 6.45) is 0. The van der Waals surface area contributed by atoms with E-state index >= 15 is 0 Å². The van der Waals surface area contributed by atoms with Gasteiger partial charge in [-0.15, -0.1) is 10.2 Å². The molecule has 1 saturated heterocycles. The van der Waals surface area contributed by atoms with Crippen LogP contribution in [-0.2, 0) is 4.79 Å². The number of aromatic nitrogens is 2. The van der Waals surface area contributed by atoms with Gasteiger partial charge in [-0.25, -0.2) is 0 Å². The van der Waals surface area contributed by atoms with E-state index in [-0.39, 0.29) is 12.5 Å². The third-order valence-corrected chi connectivity index (χ3v) is 5.43. The monoisotopic (exact) mass is 418 g/mol. The van der Waals surface area contributed by atoms with E-state index < -0.39 is 0 Å². The Balaban J connectivity index is 1.32. The first-order valence-electron chi connectivity index (χ1n) is 10.3. The Morgan fingerprint density at radius 1 is 0.903 bits per heavy atom. The Morgan fingerprint density at radius 3 is 2.29 bits per heavy atom. The number of para-hydroxylation sites is 2. The second kappa shape index (κ2) is 9.47. The molecule has 1 fully saturated rings. The van der Waals surface area contributed by atoms with Crippen molar-refractivity contribution in [3.05, 3.63) is 66.2 Å². The molecule has 0 radical (unpaired) electrons. The highest BCUT2D eigenvalue weighted by Crippen LogP contribution is 2.28. The van der Waals surface area contributed by atoms with Gasteiger partial charge in [0.05, 0.1) is 12.8 Å². The highest BCUT2D eigenvalue weighted by atomic mass is 16.5. The lowest BCUT2D eigenvalue weighted by Crippen LogP contribution is -2.50. The Kier molecular flexibility index (Phi) is 6.31. The number of piperazine rings is 1. The molecule has 160 valence electrons. The molecule has 1 aliphatic heterocycles. The van der Waals surface area contributed by atoms with Crippen LogP contribution in [0.5, 0.6) is 11.5 Å². The van der Waals surface area contributed by atoms with Gasteiger partial charge in [-0.1, -0.05) is 30.3 Å². The van der Waals surface area contributed by atoms with E-state index in [1.165, 1.54) is 0 Å². The number of hydrogen-bond donors (Lipinski definition) is 0. The topological polar surface area (TPSA) is 67.8 Å². The minimum atomic E-state index is 0.000470. The van der Waals surface area contributed by atoms with Crippen molar-refractivity contribution in [2.24, 2.45) is 0 Å². The maximum Gasteiger partial charge on any atom is 0.260 e. The van der Waals surface area contributed by atoms with E-state index in [4.69, 9.17) is 9.47 Å².